The van der Waals surface area contributed by atoms with Gasteiger partial charge in [-0.2, -0.15) is 8.75 Å². The minimum atomic E-state index is -2.64. The van der Waals surface area contributed by atoms with Gasteiger partial charge in [-0.1, -0.05) is 0 Å². The Kier molecular flexibility index (Phi) is 3.04. The molecule has 0 atom stereocenters. The molecule has 20 heavy (non-hydrogen) atoms. The number of alkyl halides is 2. The number of nitrogens with zero attached hydrogens (tertiary/aromatic N) is 3. The fourth-order valence-electron chi connectivity index (χ4n) is 2.41. The van der Waals surface area contributed by atoms with Crippen LogP contribution < -0.4 is 10.6 Å². The van der Waals surface area contributed by atoms with Gasteiger partial charge in [-0.15, -0.1) is 0 Å². The topological polar surface area (TPSA) is 72.1 Å². The van der Waals surface area contributed by atoms with Gasteiger partial charge in [-0.3, -0.25) is 4.79 Å². The van der Waals surface area contributed by atoms with E-state index in [9.17, 15) is 13.6 Å². The molecule has 1 aliphatic rings. The molecule has 1 aromatic heterocycles. The predicted molar refractivity (Wildman–Crippen MR) is 72.3 cm³/mol. The van der Waals surface area contributed by atoms with Crippen LogP contribution in [0.5, 0.6) is 0 Å². The van der Waals surface area contributed by atoms with Crippen LogP contribution in [0.2, 0.25) is 0 Å². The van der Waals surface area contributed by atoms with Crippen molar-refractivity contribution in [1.82, 2.24) is 8.75 Å². The maximum Gasteiger partial charge on any atom is 0.251 e. The first-order chi connectivity index (χ1) is 9.48. The number of nitrogens with two attached hydrogens (primary N) is 1. The third kappa shape index (κ3) is 2.20. The van der Waals surface area contributed by atoms with Gasteiger partial charge >= 0.3 is 0 Å². The van der Waals surface area contributed by atoms with Crippen LogP contribution in [0.1, 0.15) is 23.2 Å². The summed E-state index contributed by atoms with van der Waals surface area (Å²) in [6.45, 7) is 0.341. The van der Waals surface area contributed by atoms with Gasteiger partial charge in [0.05, 0.1) is 23.0 Å². The minimum absolute atomic E-state index is 0.171. The fraction of sp³-hybridized carbons (Fsp3) is 0.417. The number of primary amides is 1. The van der Waals surface area contributed by atoms with Crippen molar-refractivity contribution in [3.63, 3.8) is 0 Å². The molecule has 0 bridgehead atoms. The maximum absolute atomic E-state index is 13.3. The number of hydrogen-bond acceptors (Lipinski definition) is 5. The van der Waals surface area contributed by atoms with Crippen LogP contribution >= 0.6 is 11.7 Å². The zero-order valence-electron chi connectivity index (χ0n) is 10.5. The summed E-state index contributed by atoms with van der Waals surface area (Å²) in [6.07, 6.45) is -0.474. The lowest BCUT2D eigenvalue weighted by Crippen LogP contribution is -2.40. The number of aromatic nitrogens is 2. The molecule has 0 aliphatic carbocycles. The lowest BCUT2D eigenvalue weighted by atomic mass is 10.0. The van der Waals surface area contributed by atoms with E-state index in [4.69, 9.17) is 5.73 Å². The van der Waals surface area contributed by atoms with Gasteiger partial charge in [0.25, 0.3) is 11.8 Å². The van der Waals surface area contributed by atoms with E-state index in [1.807, 2.05) is 0 Å². The molecule has 0 saturated carbocycles. The van der Waals surface area contributed by atoms with Crippen molar-refractivity contribution in [2.75, 3.05) is 18.0 Å². The van der Waals surface area contributed by atoms with Crippen LogP contribution in [-0.2, 0) is 0 Å². The summed E-state index contributed by atoms with van der Waals surface area (Å²) in [5.74, 6) is -3.23. The van der Waals surface area contributed by atoms with Crippen LogP contribution in [0.4, 0.5) is 14.5 Å². The molecule has 1 aromatic carbocycles. The molecule has 2 heterocycles. The van der Waals surface area contributed by atoms with Crippen molar-refractivity contribution >= 4 is 34.4 Å². The number of anilines is 1. The molecule has 0 unspecified atom stereocenters. The fourth-order valence-corrected chi connectivity index (χ4v) is 2.95. The summed E-state index contributed by atoms with van der Waals surface area (Å²) in [4.78, 5) is 13.3. The number of carbonyl (C=O) groups excluding carboxylic acids is 1. The molecular formula is C12H12F2N4OS. The van der Waals surface area contributed by atoms with Gasteiger partial charge in [0.15, 0.2) is 0 Å². The molecule has 1 saturated heterocycles. The van der Waals surface area contributed by atoms with E-state index in [2.05, 4.69) is 8.75 Å². The average molecular weight is 298 g/mol. The second kappa shape index (κ2) is 4.62. The number of halogens is 2. The molecule has 1 amide bonds. The lowest BCUT2D eigenvalue weighted by molar-refractivity contribution is -0.0220. The van der Waals surface area contributed by atoms with Gasteiger partial charge < -0.3 is 10.6 Å². The van der Waals surface area contributed by atoms with E-state index in [-0.39, 0.29) is 25.9 Å². The van der Waals surface area contributed by atoms with Crippen molar-refractivity contribution in [1.29, 1.82) is 0 Å². The summed E-state index contributed by atoms with van der Waals surface area (Å²) in [5.41, 5.74) is 7.40. The number of amides is 1. The summed E-state index contributed by atoms with van der Waals surface area (Å²) in [7, 11) is 0. The molecule has 106 valence electrons. The van der Waals surface area contributed by atoms with Crippen LogP contribution in [-0.4, -0.2) is 33.7 Å². The lowest BCUT2D eigenvalue weighted by Gasteiger charge is -2.34. The first kappa shape index (κ1) is 13.2. The van der Waals surface area contributed by atoms with Gasteiger partial charge in [0.2, 0.25) is 0 Å². The highest BCUT2D eigenvalue weighted by Crippen LogP contribution is 2.35. The Morgan fingerprint density at radius 2 is 2.00 bits per heavy atom. The molecule has 8 heteroatoms. The Morgan fingerprint density at radius 1 is 1.30 bits per heavy atom. The van der Waals surface area contributed by atoms with Crippen molar-refractivity contribution < 1.29 is 13.6 Å². The van der Waals surface area contributed by atoms with E-state index < -0.39 is 11.8 Å². The third-order valence-corrected chi connectivity index (χ3v) is 4.02. The highest BCUT2D eigenvalue weighted by atomic mass is 32.1. The Hall–Kier alpha value is -1.83. The molecule has 1 aliphatic heterocycles. The Morgan fingerprint density at radius 3 is 2.65 bits per heavy atom. The number of fused-ring (bicyclic) bond motifs is 1. The molecule has 1 fully saturated rings. The van der Waals surface area contributed by atoms with Crippen molar-refractivity contribution in [2.24, 2.45) is 5.73 Å². The van der Waals surface area contributed by atoms with Crippen LogP contribution in [0.3, 0.4) is 0 Å². The van der Waals surface area contributed by atoms with E-state index in [0.717, 1.165) is 11.7 Å². The number of carbonyl (C=O) groups is 1. The summed E-state index contributed by atoms with van der Waals surface area (Å²) in [6, 6.07) is 3.25. The van der Waals surface area contributed by atoms with Crippen molar-refractivity contribution in [3.05, 3.63) is 17.7 Å². The zero-order valence-corrected chi connectivity index (χ0v) is 11.3. The SMILES string of the molecule is NC(=O)c1ccc2nsnc2c1N1CCC(F)(F)CC1. The number of hydrogen-bond donors (Lipinski definition) is 1. The second-order valence-electron chi connectivity index (χ2n) is 4.80. The molecule has 0 radical (unpaired) electrons. The van der Waals surface area contributed by atoms with Crippen LogP contribution in [0, 0.1) is 0 Å². The number of piperidine rings is 1. The molecule has 2 N–H and O–H groups in total. The normalized spacial score (nSPS) is 18.4. The van der Waals surface area contributed by atoms with Gasteiger partial charge in [-0.05, 0) is 12.1 Å². The number of rotatable bonds is 2. The monoisotopic (exact) mass is 298 g/mol. The van der Waals surface area contributed by atoms with Gasteiger partial charge in [0, 0.05) is 25.9 Å². The molecule has 5 nitrogen and oxygen atoms in total. The first-order valence-electron chi connectivity index (χ1n) is 6.16. The third-order valence-electron chi connectivity index (χ3n) is 3.48. The standard InChI is InChI=1S/C12H12F2N4OS/c13-12(14)3-5-18(6-4-12)10-7(11(15)19)1-2-8-9(10)17-20-16-8/h1-2H,3-6H2,(H2,15,19). The van der Waals surface area contributed by atoms with E-state index in [0.29, 0.717) is 22.3 Å². The maximum atomic E-state index is 13.3. The Bertz CT molecular complexity index is 663. The van der Waals surface area contributed by atoms with Gasteiger partial charge in [0.1, 0.15) is 11.0 Å². The smallest absolute Gasteiger partial charge is 0.251 e. The van der Waals surface area contributed by atoms with Crippen molar-refractivity contribution in [3.8, 4) is 0 Å². The molecule has 3 rings (SSSR count). The second-order valence-corrected chi connectivity index (χ2v) is 5.33. The van der Waals surface area contributed by atoms with Crippen LogP contribution in [0.25, 0.3) is 11.0 Å². The van der Waals surface area contributed by atoms with Crippen molar-refractivity contribution in [2.45, 2.75) is 18.8 Å². The first-order valence-corrected chi connectivity index (χ1v) is 6.89. The van der Waals surface area contributed by atoms with E-state index in [1.54, 1.807) is 17.0 Å². The average Bonchev–Trinajstić information content (AvgIpc) is 2.86. The highest BCUT2D eigenvalue weighted by molar-refractivity contribution is 7.00. The molecular weight excluding hydrogens is 286 g/mol. The van der Waals surface area contributed by atoms with Crippen LogP contribution in [0.15, 0.2) is 12.1 Å². The summed E-state index contributed by atoms with van der Waals surface area (Å²) >= 11 is 1.02. The largest absolute Gasteiger partial charge is 0.369 e. The Balaban J connectivity index is 2.07. The Labute approximate surface area is 117 Å². The van der Waals surface area contributed by atoms with E-state index in [1.165, 1.54) is 0 Å². The quantitative estimate of drug-likeness (QED) is 0.920. The molecule has 0 spiro atoms. The molecule has 2 aromatic rings. The predicted octanol–water partition coefficient (Wildman–Crippen LogP) is 2.03. The summed E-state index contributed by atoms with van der Waals surface area (Å²) < 4.78 is 34.8. The van der Waals surface area contributed by atoms with Gasteiger partial charge in [-0.25, -0.2) is 8.78 Å². The minimum Gasteiger partial charge on any atom is -0.369 e. The number of benzene rings is 1. The van der Waals surface area contributed by atoms with E-state index >= 15 is 0 Å². The zero-order chi connectivity index (χ0) is 14.3. The summed E-state index contributed by atoms with van der Waals surface area (Å²) in [5, 5.41) is 0. The highest BCUT2D eigenvalue weighted by Gasteiger charge is 2.35.